The topological polar surface area (TPSA) is 0 Å². The van der Waals surface area contributed by atoms with E-state index in [0.717, 1.165) is 0 Å². The number of hydrogen-bond donors (Lipinski definition) is 0. The standard InChI is InChI=1S/C16H18BP/c1-11-5-12(2)8-15(7-11)18(17)16-9-13(3)6-14(4)10-16/h5-10H,1-4H3/q-1. The van der Waals surface area contributed by atoms with Gasteiger partial charge in [0.15, 0.2) is 0 Å². The lowest BCUT2D eigenvalue weighted by molar-refractivity contribution is 1.40. The van der Waals surface area contributed by atoms with Gasteiger partial charge in [-0.2, -0.15) is 0 Å². The Morgan fingerprint density at radius 1 is 0.611 bits per heavy atom. The molecule has 0 fully saturated rings. The molecule has 2 heteroatoms. The van der Waals surface area contributed by atoms with Gasteiger partial charge in [-0.05, 0) is 27.7 Å². The normalized spacial score (nSPS) is 11.0. The first-order valence-electron chi connectivity index (χ1n) is 6.17. The summed E-state index contributed by atoms with van der Waals surface area (Å²) >= 11 is 0. The lowest BCUT2D eigenvalue weighted by atomic mass is 10.2. The smallest absolute Gasteiger partial charge is 0.0397 e. The van der Waals surface area contributed by atoms with E-state index >= 15 is 0 Å². The van der Waals surface area contributed by atoms with Crippen LogP contribution in [0, 0.1) is 27.7 Å². The molecule has 0 aliphatic rings. The van der Waals surface area contributed by atoms with Crippen LogP contribution >= 0.6 is 7.80 Å². The first-order valence-corrected chi connectivity index (χ1v) is 7.58. The third kappa shape index (κ3) is 3.03. The van der Waals surface area contributed by atoms with Crippen LogP contribution in [-0.4, -0.2) is 7.57 Å². The average molecular weight is 252 g/mol. The molecular weight excluding hydrogens is 234 g/mol. The van der Waals surface area contributed by atoms with Gasteiger partial charge in [0.05, 0.1) is 0 Å². The molecule has 2 rings (SSSR count). The van der Waals surface area contributed by atoms with E-state index in [1.807, 2.05) is 0 Å². The molecule has 0 amide bonds. The van der Waals surface area contributed by atoms with Crippen LogP contribution in [0.1, 0.15) is 22.3 Å². The van der Waals surface area contributed by atoms with Crippen LogP contribution in [0.3, 0.4) is 0 Å². The van der Waals surface area contributed by atoms with Gasteiger partial charge < -0.3 is 15.4 Å². The molecule has 0 heterocycles. The fraction of sp³-hybridized carbons (Fsp3) is 0.250. The van der Waals surface area contributed by atoms with Gasteiger partial charge in [0.2, 0.25) is 0 Å². The van der Waals surface area contributed by atoms with Crippen molar-refractivity contribution in [2.75, 3.05) is 0 Å². The highest BCUT2D eigenvalue weighted by molar-refractivity contribution is 7.94. The highest BCUT2D eigenvalue weighted by Crippen LogP contribution is 2.29. The predicted octanol–water partition coefficient (Wildman–Crippen LogP) is 3.44. The van der Waals surface area contributed by atoms with E-state index < -0.39 is 7.80 Å². The third-order valence-corrected chi connectivity index (χ3v) is 4.60. The van der Waals surface area contributed by atoms with E-state index in [4.69, 9.17) is 7.57 Å². The Bertz CT molecular complexity index is 483. The Kier molecular flexibility index (Phi) is 3.92. The summed E-state index contributed by atoms with van der Waals surface area (Å²) in [6.45, 7) is 8.50. The molecule has 3 radical (unpaired) electrons. The van der Waals surface area contributed by atoms with Crippen LogP contribution in [0.4, 0.5) is 0 Å². The van der Waals surface area contributed by atoms with Crippen LogP contribution < -0.4 is 10.6 Å². The van der Waals surface area contributed by atoms with E-state index in [0.29, 0.717) is 0 Å². The lowest BCUT2D eigenvalue weighted by Gasteiger charge is -2.29. The SMILES string of the molecule is [B-]P(c1cc(C)cc(C)c1)c1cc(C)cc(C)c1. The fourth-order valence-corrected chi connectivity index (χ4v) is 4.00. The minimum Gasteiger partial charge on any atom is -0.567 e. The van der Waals surface area contributed by atoms with Crippen molar-refractivity contribution in [2.45, 2.75) is 27.7 Å². The molecule has 0 unspecified atom stereocenters. The Hall–Kier alpha value is -1.07. The molecule has 0 saturated heterocycles. The van der Waals surface area contributed by atoms with Crippen molar-refractivity contribution in [3.05, 3.63) is 58.7 Å². The van der Waals surface area contributed by atoms with Crippen LogP contribution in [0.5, 0.6) is 0 Å². The van der Waals surface area contributed by atoms with E-state index in [-0.39, 0.29) is 0 Å². The van der Waals surface area contributed by atoms with Crippen LogP contribution in [0.2, 0.25) is 0 Å². The second kappa shape index (κ2) is 5.28. The first kappa shape index (κ1) is 13.4. The highest BCUT2D eigenvalue weighted by Gasteiger charge is 2.00. The van der Waals surface area contributed by atoms with Crippen molar-refractivity contribution >= 4 is 26.0 Å². The van der Waals surface area contributed by atoms with E-state index in [9.17, 15) is 0 Å². The summed E-state index contributed by atoms with van der Waals surface area (Å²) in [6, 6.07) is 13.2. The van der Waals surface area contributed by atoms with E-state index in [1.54, 1.807) is 0 Å². The Balaban J connectivity index is 2.43. The van der Waals surface area contributed by atoms with Gasteiger partial charge in [0, 0.05) is 0 Å². The number of benzene rings is 2. The minimum atomic E-state index is -0.736. The van der Waals surface area contributed by atoms with Crippen LogP contribution in [0.25, 0.3) is 0 Å². The molecular formula is C16H18BP-. The molecule has 0 saturated carbocycles. The zero-order valence-electron chi connectivity index (χ0n) is 11.5. The molecule has 0 nitrogen and oxygen atoms in total. The summed E-state index contributed by atoms with van der Waals surface area (Å²) in [7, 11) is 5.72. The summed E-state index contributed by atoms with van der Waals surface area (Å²) in [5, 5.41) is 2.51. The monoisotopic (exact) mass is 252 g/mol. The zero-order chi connectivity index (χ0) is 13.3. The van der Waals surface area contributed by atoms with Gasteiger partial charge >= 0.3 is 0 Å². The van der Waals surface area contributed by atoms with E-state index in [1.165, 1.54) is 32.9 Å². The third-order valence-electron chi connectivity index (χ3n) is 2.97. The van der Waals surface area contributed by atoms with Crippen molar-refractivity contribution in [1.82, 2.24) is 0 Å². The van der Waals surface area contributed by atoms with Gasteiger partial charge in [0.1, 0.15) is 0 Å². The largest absolute Gasteiger partial charge is 0.567 e. The maximum absolute atomic E-state index is 6.46. The number of aryl methyl sites for hydroxylation is 4. The van der Waals surface area contributed by atoms with Gasteiger partial charge in [-0.25, -0.2) is 0 Å². The Morgan fingerprint density at radius 3 is 1.17 bits per heavy atom. The summed E-state index contributed by atoms with van der Waals surface area (Å²) < 4.78 is 0. The van der Waals surface area contributed by atoms with E-state index in [2.05, 4.69) is 64.1 Å². The van der Waals surface area contributed by atoms with Crippen LogP contribution in [-0.2, 0) is 0 Å². The molecule has 0 N–H and O–H groups in total. The Labute approximate surface area is 113 Å². The minimum absolute atomic E-state index is 0.736. The van der Waals surface area contributed by atoms with Gasteiger partial charge in [-0.15, -0.1) is 0 Å². The Morgan fingerprint density at radius 2 is 0.889 bits per heavy atom. The molecule has 91 valence electrons. The second-order valence-electron chi connectivity index (χ2n) is 5.06. The summed E-state index contributed by atoms with van der Waals surface area (Å²) in [5.41, 5.74) is 5.14. The van der Waals surface area contributed by atoms with Gasteiger partial charge in [-0.1, -0.05) is 69.3 Å². The highest BCUT2D eigenvalue weighted by atomic mass is 31.1. The molecule has 0 aromatic heterocycles. The maximum atomic E-state index is 6.46. The van der Waals surface area contributed by atoms with Crippen molar-refractivity contribution in [3.8, 4) is 0 Å². The molecule has 18 heavy (non-hydrogen) atoms. The van der Waals surface area contributed by atoms with Gasteiger partial charge in [0.25, 0.3) is 0 Å². The molecule has 0 bridgehead atoms. The van der Waals surface area contributed by atoms with Crippen molar-refractivity contribution in [2.24, 2.45) is 0 Å². The fourth-order valence-electron chi connectivity index (χ4n) is 2.33. The molecule has 2 aromatic rings. The molecule has 0 aliphatic heterocycles. The average Bonchev–Trinajstić information content (AvgIpc) is 2.25. The maximum Gasteiger partial charge on any atom is -0.0397 e. The van der Waals surface area contributed by atoms with Crippen LogP contribution in [0.15, 0.2) is 36.4 Å². The van der Waals surface area contributed by atoms with Crippen molar-refractivity contribution in [1.29, 1.82) is 0 Å². The predicted molar refractivity (Wildman–Crippen MR) is 83.8 cm³/mol. The molecule has 2 aromatic carbocycles. The second-order valence-corrected chi connectivity index (χ2v) is 6.83. The summed E-state index contributed by atoms with van der Waals surface area (Å²) in [4.78, 5) is 0. The lowest BCUT2D eigenvalue weighted by Crippen LogP contribution is -2.13. The van der Waals surface area contributed by atoms with Crippen molar-refractivity contribution < 1.29 is 0 Å². The molecule has 0 aliphatic carbocycles. The summed E-state index contributed by atoms with van der Waals surface area (Å²) in [6.07, 6.45) is 0. The van der Waals surface area contributed by atoms with Gasteiger partial charge in [-0.3, -0.25) is 0 Å². The molecule has 0 atom stereocenters. The quantitative estimate of drug-likeness (QED) is 0.567. The van der Waals surface area contributed by atoms with Crippen molar-refractivity contribution in [3.63, 3.8) is 0 Å². The number of hydrogen-bond acceptors (Lipinski definition) is 0. The zero-order valence-corrected chi connectivity index (χ0v) is 12.4. The summed E-state index contributed by atoms with van der Waals surface area (Å²) in [5.74, 6) is 0. The molecule has 0 spiro atoms. The number of rotatable bonds is 2. The first-order chi connectivity index (χ1) is 8.45.